The van der Waals surface area contributed by atoms with Gasteiger partial charge in [-0.25, -0.2) is 4.98 Å². The molecule has 2 heterocycles. The maximum atomic E-state index is 9.12. The summed E-state index contributed by atoms with van der Waals surface area (Å²) in [5.41, 5.74) is 5.69. The third kappa shape index (κ3) is 2.85. The molecule has 17 heavy (non-hydrogen) atoms. The van der Waals surface area contributed by atoms with Crippen LogP contribution < -0.4 is 10.6 Å². The van der Waals surface area contributed by atoms with Gasteiger partial charge < -0.3 is 20.5 Å². The van der Waals surface area contributed by atoms with Gasteiger partial charge in [0.15, 0.2) is 0 Å². The van der Waals surface area contributed by atoms with Crippen molar-refractivity contribution >= 4 is 27.7 Å². The topological polar surface area (TPSA) is 84.5 Å². The van der Waals surface area contributed by atoms with Crippen LogP contribution >= 0.6 is 15.9 Å². The molecule has 94 valence electrons. The van der Waals surface area contributed by atoms with E-state index < -0.39 is 0 Å². The van der Waals surface area contributed by atoms with Gasteiger partial charge in [-0.2, -0.15) is 4.98 Å². The highest BCUT2D eigenvalue weighted by Crippen LogP contribution is 2.21. The van der Waals surface area contributed by atoms with E-state index >= 15 is 0 Å². The molecule has 1 aromatic heterocycles. The number of aliphatic hydroxyl groups excluding tert-OH is 1. The van der Waals surface area contributed by atoms with Gasteiger partial charge in [0.1, 0.15) is 10.4 Å². The van der Waals surface area contributed by atoms with Crippen LogP contribution in [0, 0.1) is 0 Å². The largest absolute Gasteiger partial charge is 0.394 e. The second kappa shape index (κ2) is 5.16. The Balaban J connectivity index is 2.24. The second-order valence-corrected chi connectivity index (χ2v) is 4.87. The zero-order chi connectivity index (χ0) is 12.4. The van der Waals surface area contributed by atoms with Crippen molar-refractivity contribution in [1.29, 1.82) is 0 Å². The lowest BCUT2D eigenvalue weighted by molar-refractivity contribution is -0.0108. The van der Waals surface area contributed by atoms with E-state index in [2.05, 4.69) is 25.9 Å². The van der Waals surface area contributed by atoms with Gasteiger partial charge in [0.2, 0.25) is 5.95 Å². The van der Waals surface area contributed by atoms with Gasteiger partial charge in [0.25, 0.3) is 0 Å². The number of hydrogen-bond acceptors (Lipinski definition) is 6. The predicted octanol–water partition coefficient (Wildman–Crippen LogP) is 0.407. The number of nitrogens with zero attached hydrogens (tertiary/aromatic N) is 3. The van der Waals surface area contributed by atoms with Gasteiger partial charge in [-0.1, -0.05) is 0 Å². The Kier molecular flexibility index (Phi) is 3.80. The molecular weight excluding hydrogens is 288 g/mol. The Bertz CT molecular complexity index is 384. The van der Waals surface area contributed by atoms with Crippen molar-refractivity contribution in [3.63, 3.8) is 0 Å². The number of halogens is 1. The summed E-state index contributed by atoms with van der Waals surface area (Å²) in [4.78, 5) is 10.5. The minimum absolute atomic E-state index is 0.00724. The summed E-state index contributed by atoms with van der Waals surface area (Å²) in [5.74, 6) is 0.979. The quantitative estimate of drug-likeness (QED) is 0.770. The summed E-state index contributed by atoms with van der Waals surface area (Å²) in [6, 6.07) is 1.81. The van der Waals surface area contributed by atoms with E-state index in [0.29, 0.717) is 29.5 Å². The number of anilines is 2. The fraction of sp³-hybridized carbons (Fsp3) is 0.600. The molecule has 1 fully saturated rings. The minimum Gasteiger partial charge on any atom is -0.394 e. The molecule has 0 aromatic carbocycles. The number of nitrogens with two attached hydrogens (primary N) is 1. The van der Waals surface area contributed by atoms with Crippen molar-refractivity contribution in [1.82, 2.24) is 9.97 Å². The molecule has 1 aromatic rings. The molecule has 1 saturated heterocycles. The average Bonchev–Trinajstić information content (AvgIpc) is 2.28. The van der Waals surface area contributed by atoms with Crippen molar-refractivity contribution < 1.29 is 9.84 Å². The van der Waals surface area contributed by atoms with Crippen molar-refractivity contribution in [3.8, 4) is 0 Å². The SMILES string of the molecule is CC1COC(CO)CN1c1nc(N)cc(Br)n1. The van der Waals surface area contributed by atoms with Gasteiger partial charge in [0, 0.05) is 12.6 Å². The van der Waals surface area contributed by atoms with Crippen LogP contribution in [0.1, 0.15) is 6.92 Å². The molecule has 3 N–H and O–H groups in total. The van der Waals surface area contributed by atoms with Gasteiger partial charge >= 0.3 is 0 Å². The smallest absolute Gasteiger partial charge is 0.228 e. The first-order valence-electron chi connectivity index (χ1n) is 5.39. The van der Waals surface area contributed by atoms with E-state index in [1.807, 2.05) is 11.8 Å². The molecule has 0 bridgehead atoms. The van der Waals surface area contributed by atoms with E-state index in [0.717, 1.165) is 0 Å². The average molecular weight is 303 g/mol. The fourth-order valence-electron chi connectivity index (χ4n) is 1.76. The van der Waals surface area contributed by atoms with Crippen LogP contribution in [0.15, 0.2) is 10.7 Å². The molecule has 2 unspecified atom stereocenters. The Morgan fingerprint density at radius 3 is 3.06 bits per heavy atom. The maximum Gasteiger partial charge on any atom is 0.228 e. The zero-order valence-electron chi connectivity index (χ0n) is 9.51. The van der Waals surface area contributed by atoms with Crippen molar-refractivity contribution in [2.24, 2.45) is 0 Å². The Morgan fingerprint density at radius 1 is 1.65 bits per heavy atom. The molecule has 0 amide bonds. The molecule has 6 nitrogen and oxygen atoms in total. The molecule has 0 aliphatic carbocycles. The molecule has 0 spiro atoms. The summed E-state index contributed by atoms with van der Waals surface area (Å²) in [5, 5.41) is 9.12. The number of rotatable bonds is 2. The van der Waals surface area contributed by atoms with E-state index in [9.17, 15) is 0 Å². The van der Waals surface area contributed by atoms with Crippen LogP contribution in [0.3, 0.4) is 0 Å². The predicted molar refractivity (Wildman–Crippen MR) is 67.8 cm³/mol. The van der Waals surface area contributed by atoms with Gasteiger partial charge in [-0.15, -0.1) is 0 Å². The Morgan fingerprint density at radius 2 is 2.41 bits per heavy atom. The van der Waals surface area contributed by atoms with Gasteiger partial charge in [-0.3, -0.25) is 0 Å². The molecule has 0 radical (unpaired) electrons. The Hall–Kier alpha value is -0.920. The van der Waals surface area contributed by atoms with Crippen LogP contribution in [0.2, 0.25) is 0 Å². The normalized spacial score (nSPS) is 25.0. The molecular formula is C10H15BrN4O2. The molecule has 1 aliphatic heterocycles. The third-order valence-electron chi connectivity index (χ3n) is 2.67. The van der Waals surface area contributed by atoms with Crippen LogP contribution in [-0.2, 0) is 4.74 Å². The first kappa shape index (κ1) is 12.5. The molecule has 2 rings (SSSR count). The number of hydrogen-bond donors (Lipinski definition) is 2. The van der Waals surface area contributed by atoms with Gasteiger partial charge in [0.05, 0.1) is 25.4 Å². The zero-order valence-corrected chi connectivity index (χ0v) is 11.1. The number of nitrogen functional groups attached to an aromatic ring is 1. The van der Waals surface area contributed by atoms with E-state index in [1.54, 1.807) is 6.07 Å². The first-order valence-corrected chi connectivity index (χ1v) is 6.18. The van der Waals surface area contributed by atoms with Crippen molar-refractivity contribution in [2.75, 3.05) is 30.4 Å². The van der Waals surface area contributed by atoms with E-state index in [1.165, 1.54) is 0 Å². The van der Waals surface area contributed by atoms with Crippen molar-refractivity contribution in [3.05, 3.63) is 10.7 Å². The first-order chi connectivity index (χ1) is 8.10. The highest BCUT2D eigenvalue weighted by molar-refractivity contribution is 9.10. The monoisotopic (exact) mass is 302 g/mol. The lowest BCUT2D eigenvalue weighted by atomic mass is 10.2. The second-order valence-electron chi connectivity index (χ2n) is 4.05. The van der Waals surface area contributed by atoms with Crippen LogP contribution in [0.25, 0.3) is 0 Å². The number of aromatic nitrogens is 2. The van der Waals surface area contributed by atoms with Crippen LogP contribution in [0.4, 0.5) is 11.8 Å². The summed E-state index contributed by atoms with van der Waals surface area (Å²) in [6.07, 6.45) is -0.199. The maximum absolute atomic E-state index is 9.12. The Labute approximate surface area is 108 Å². The number of ether oxygens (including phenoxy) is 1. The molecule has 1 aliphatic rings. The summed E-state index contributed by atoms with van der Waals surface area (Å²) < 4.78 is 6.11. The highest BCUT2D eigenvalue weighted by Gasteiger charge is 2.27. The lowest BCUT2D eigenvalue weighted by Gasteiger charge is -2.37. The lowest BCUT2D eigenvalue weighted by Crippen LogP contribution is -2.50. The summed E-state index contributed by atoms with van der Waals surface area (Å²) in [6.45, 7) is 3.12. The highest BCUT2D eigenvalue weighted by atomic mass is 79.9. The van der Waals surface area contributed by atoms with E-state index in [-0.39, 0.29) is 18.8 Å². The number of morpholine rings is 1. The molecule has 2 atom stereocenters. The molecule has 0 saturated carbocycles. The van der Waals surface area contributed by atoms with Crippen molar-refractivity contribution in [2.45, 2.75) is 19.1 Å². The van der Waals surface area contributed by atoms with Gasteiger partial charge in [-0.05, 0) is 22.9 Å². The summed E-state index contributed by atoms with van der Waals surface area (Å²) >= 11 is 3.29. The summed E-state index contributed by atoms with van der Waals surface area (Å²) in [7, 11) is 0. The van der Waals surface area contributed by atoms with Crippen LogP contribution in [-0.4, -0.2) is 47.0 Å². The minimum atomic E-state index is -0.199. The number of aliphatic hydroxyl groups is 1. The fourth-order valence-corrected chi connectivity index (χ4v) is 2.15. The molecule has 7 heteroatoms. The van der Waals surface area contributed by atoms with E-state index in [4.69, 9.17) is 15.6 Å². The third-order valence-corrected chi connectivity index (χ3v) is 3.08. The van der Waals surface area contributed by atoms with Crippen LogP contribution in [0.5, 0.6) is 0 Å². The standard InChI is InChI=1S/C10H15BrN4O2/c1-6-5-17-7(4-16)3-15(6)10-13-8(11)2-9(12)14-10/h2,6-7,16H,3-5H2,1H3,(H2,12,13,14).